The van der Waals surface area contributed by atoms with Crippen molar-refractivity contribution in [2.24, 2.45) is 0 Å². The Balaban J connectivity index is 2.30. The monoisotopic (exact) mass is 290 g/mol. The Kier molecular flexibility index (Phi) is 4.73. The first kappa shape index (κ1) is 13.6. The van der Waals surface area contributed by atoms with Gasteiger partial charge in [0, 0.05) is 12.3 Å². The molecule has 0 spiro atoms. The molecule has 17 heavy (non-hydrogen) atoms. The molecule has 5 heteroatoms. The quantitative estimate of drug-likeness (QED) is 0.778. The molecule has 0 N–H and O–H groups in total. The molecule has 0 atom stereocenters. The van der Waals surface area contributed by atoms with E-state index < -0.39 is 7.14 Å². The Hall–Kier alpha value is 0.210. The molecule has 0 aliphatic carbocycles. The Labute approximate surface area is 112 Å². The zero-order chi connectivity index (χ0) is 12.3. The molecular formula is C12H19O2PS2. The van der Waals surface area contributed by atoms with E-state index in [1.54, 1.807) is 6.26 Å². The lowest BCUT2D eigenvalue weighted by molar-refractivity contribution is 0.529. The first-order valence-corrected chi connectivity index (χ1v) is 10.3. The molecule has 96 valence electrons. The van der Waals surface area contributed by atoms with Gasteiger partial charge in [0.25, 0.3) is 0 Å². The van der Waals surface area contributed by atoms with Gasteiger partial charge in [-0.15, -0.1) is 23.5 Å². The highest BCUT2D eigenvalue weighted by Crippen LogP contribution is 2.50. The van der Waals surface area contributed by atoms with Crippen LogP contribution in [0.3, 0.4) is 0 Å². The Morgan fingerprint density at radius 3 is 2.59 bits per heavy atom. The maximum Gasteiger partial charge on any atom is 0.137 e. The lowest BCUT2D eigenvalue weighted by Crippen LogP contribution is -2.14. The molecular weight excluding hydrogens is 271 g/mol. The van der Waals surface area contributed by atoms with Gasteiger partial charge in [0.15, 0.2) is 0 Å². The van der Waals surface area contributed by atoms with Crippen molar-refractivity contribution < 1.29 is 8.98 Å². The van der Waals surface area contributed by atoms with Crippen molar-refractivity contribution in [1.82, 2.24) is 0 Å². The normalized spacial score (nSPS) is 18.5. The van der Waals surface area contributed by atoms with Crippen molar-refractivity contribution in [2.75, 3.05) is 23.8 Å². The maximum absolute atomic E-state index is 12.8. The van der Waals surface area contributed by atoms with E-state index in [9.17, 15) is 4.57 Å². The van der Waals surface area contributed by atoms with E-state index in [-0.39, 0.29) is 0 Å². The molecule has 0 aromatic carbocycles. The smallest absolute Gasteiger partial charge is 0.137 e. The summed E-state index contributed by atoms with van der Waals surface area (Å²) >= 11 is 3.84. The van der Waals surface area contributed by atoms with Gasteiger partial charge < -0.3 is 8.98 Å². The molecule has 0 amide bonds. The fourth-order valence-electron chi connectivity index (χ4n) is 2.03. The van der Waals surface area contributed by atoms with E-state index in [1.165, 1.54) is 17.9 Å². The fraction of sp³-hybridized carbons (Fsp3) is 0.667. The molecule has 2 nitrogen and oxygen atoms in total. The van der Waals surface area contributed by atoms with E-state index in [1.807, 2.05) is 43.4 Å². The van der Waals surface area contributed by atoms with Gasteiger partial charge in [-0.2, -0.15) is 0 Å². The third kappa shape index (κ3) is 2.80. The minimum Gasteiger partial charge on any atom is -0.466 e. The second kappa shape index (κ2) is 5.90. The SMILES string of the molecule is CCP(=O)(CC)c1ccoc1C1SCCCS1. The Morgan fingerprint density at radius 1 is 1.35 bits per heavy atom. The molecule has 2 heterocycles. The van der Waals surface area contributed by atoms with Crippen molar-refractivity contribution in [1.29, 1.82) is 0 Å². The van der Waals surface area contributed by atoms with Crippen LogP contribution < -0.4 is 5.30 Å². The van der Waals surface area contributed by atoms with Crippen LogP contribution in [0.5, 0.6) is 0 Å². The predicted octanol–water partition coefficient (Wildman–Crippen LogP) is 4.18. The molecule has 1 aromatic heterocycles. The average molecular weight is 290 g/mol. The lowest BCUT2D eigenvalue weighted by atomic mass is 10.5. The van der Waals surface area contributed by atoms with E-state index in [0.29, 0.717) is 4.58 Å². The molecule has 2 rings (SSSR count). The summed E-state index contributed by atoms with van der Waals surface area (Å²) in [7, 11) is -2.21. The third-order valence-electron chi connectivity index (χ3n) is 3.18. The molecule has 0 unspecified atom stereocenters. The number of hydrogen-bond donors (Lipinski definition) is 0. The topological polar surface area (TPSA) is 30.2 Å². The van der Waals surface area contributed by atoms with Gasteiger partial charge in [0.2, 0.25) is 0 Å². The number of hydrogen-bond acceptors (Lipinski definition) is 4. The highest BCUT2D eigenvalue weighted by Gasteiger charge is 2.30. The molecule has 0 radical (unpaired) electrons. The summed E-state index contributed by atoms with van der Waals surface area (Å²) in [4.78, 5) is 0. The average Bonchev–Trinajstić information content (AvgIpc) is 2.88. The summed E-state index contributed by atoms with van der Waals surface area (Å²) in [5.74, 6) is 3.33. The van der Waals surface area contributed by atoms with Gasteiger partial charge in [0.1, 0.15) is 17.5 Å². The largest absolute Gasteiger partial charge is 0.466 e. The fourth-order valence-corrected chi connectivity index (χ4v) is 7.11. The minimum absolute atomic E-state index is 0.347. The summed E-state index contributed by atoms with van der Waals surface area (Å²) in [6.07, 6.45) is 4.44. The van der Waals surface area contributed by atoms with Gasteiger partial charge in [-0.1, -0.05) is 13.8 Å². The van der Waals surface area contributed by atoms with Crippen molar-refractivity contribution >= 4 is 36.0 Å². The van der Waals surface area contributed by atoms with Crippen LogP contribution in [0.25, 0.3) is 0 Å². The van der Waals surface area contributed by atoms with Crippen molar-refractivity contribution in [3.05, 3.63) is 18.1 Å². The van der Waals surface area contributed by atoms with Gasteiger partial charge in [-0.05, 0) is 24.0 Å². The van der Waals surface area contributed by atoms with Crippen LogP contribution in [0.4, 0.5) is 0 Å². The predicted molar refractivity (Wildman–Crippen MR) is 79.3 cm³/mol. The maximum atomic E-state index is 12.8. The van der Waals surface area contributed by atoms with Crippen LogP contribution in [0, 0.1) is 0 Å². The van der Waals surface area contributed by atoms with E-state index >= 15 is 0 Å². The lowest BCUT2D eigenvalue weighted by Gasteiger charge is -2.22. The molecule has 0 saturated carbocycles. The van der Waals surface area contributed by atoms with E-state index in [2.05, 4.69) is 0 Å². The molecule has 1 aliphatic heterocycles. The zero-order valence-corrected chi connectivity index (χ0v) is 12.9. The highest BCUT2D eigenvalue weighted by atomic mass is 32.2. The van der Waals surface area contributed by atoms with Gasteiger partial charge in [0.05, 0.1) is 11.6 Å². The second-order valence-corrected chi connectivity index (χ2v) is 10.4. The summed E-state index contributed by atoms with van der Waals surface area (Å²) in [6, 6.07) is 1.93. The van der Waals surface area contributed by atoms with E-state index in [0.717, 1.165) is 23.4 Å². The third-order valence-corrected chi connectivity index (χ3v) is 9.36. The molecule has 1 aromatic rings. The van der Waals surface area contributed by atoms with Crippen LogP contribution in [0.15, 0.2) is 16.7 Å². The van der Waals surface area contributed by atoms with Gasteiger partial charge in [-0.25, -0.2) is 0 Å². The van der Waals surface area contributed by atoms with Crippen LogP contribution in [0.1, 0.15) is 30.6 Å². The number of thioether (sulfide) groups is 2. The second-order valence-electron chi connectivity index (χ2n) is 4.12. The van der Waals surface area contributed by atoms with Crippen molar-refractivity contribution in [3.63, 3.8) is 0 Å². The first-order valence-electron chi connectivity index (χ1n) is 6.10. The molecule has 1 fully saturated rings. The summed E-state index contributed by atoms with van der Waals surface area (Å²) in [5.41, 5.74) is 0. The summed E-state index contributed by atoms with van der Waals surface area (Å²) < 4.78 is 18.8. The van der Waals surface area contributed by atoms with Gasteiger partial charge >= 0.3 is 0 Å². The molecule has 1 saturated heterocycles. The Bertz CT molecular complexity index is 402. The van der Waals surface area contributed by atoms with Crippen LogP contribution >= 0.6 is 30.7 Å². The minimum atomic E-state index is -2.21. The Morgan fingerprint density at radius 2 is 2.00 bits per heavy atom. The van der Waals surface area contributed by atoms with Crippen molar-refractivity contribution in [2.45, 2.75) is 24.9 Å². The zero-order valence-electron chi connectivity index (χ0n) is 10.3. The van der Waals surface area contributed by atoms with Gasteiger partial charge in [-0.3, -0.25) is 0 Å². The summed E-state index contributed by atoms with van der Waals surface area (Å²) in [6.45, 7) is 4.03. The summed E-state index contributed by atoms with van der Waals surface area (Å²) in [5, 5.41) is 0.995. The number of rotatable bonds is 4. The van der Waals surface area contributed by atoms with E-state index in [4.69, 9.17) is 4.42 Å². The van der Waals surface area contributed by atoms with Crippen LogP contribution in [0.2, 0.25) is 0 Å². The standard InChI is InChI=1S/C12H19O2PS2/c1-3-15(13,4-2)10-6-7-14-11(10)12-16-8-5-9-17-12/h6-7,12H,3-5,8-9H2,1-2H3. The van der Waals surface area contributed by atoms with Crippen LogP contribution in [-0.4, -0.2) is 23.8 Å². The van der Waals surface area contributed by atoms with Crippen LogP contribution in [-0.2, 0) is 4.57 Å². The number of furan rings is 1. The highest BCUT2D eigenvalue weighted by molar-refractivity contribution is 8.16. The molecule has 1 aliphatic rings. The van der Waals surface area contributed by atoms with Crippen molar-refractivity contribution in [3.8, 4) is 0 Å². The first-order chi connectivity index (χ1) is 8.21. The molecule has 0 bridgehead atoms.